The van der Waals surface area contributed by atoms with Crippen LogP contribution in [0.25, 0.3) is 11.4 Å². The Morgan fingerprint density at radius 2 is 1.85 bits per heavy atom. The monoisotopic (exact) mass is 311 g/mol. The summed E-state index contributed by atoms with van der Waals surface area (Å²) in [4.78, 5) is 18.8. The van der Waals surface area contributed by atoms with Gasteiger partial charge in [0, 0.05) is 24.8 Å². The van der Waals surface area contributed by atoms with E-state index in [0.717, 1.165) is 18.7 Å². The third-order valence-electron chi connectivity index (χ3n) is 2.88. The summed E-state index contributed by atoms with van der Waals surface area (Å²) in [5.41, 5.74) is 0.744. The maximum atomic E-state index is 5.98. The molecule has 0 spiro atoms. The zero-order chi connectivity index (χ0) is 13.9. The van der Waals surface area contributed by atoms with Crippen LogP contribution in [0.3, 0.4) is 0 Å². The number of nitrogens with zero attached hydrogens (tertiary/aromatic N) is 5. The van der Waals surface area contributed by atoms with Crippen LogP contribution in [-0.2, 0) is 4.74 Å². The fourth-order valence-electron chi connectivity index (χ4n) is 1.88. The molecule has 3 rings (SSSR count). The van der Waals surface area contributed by atoms with E-state index in [-0.39, 0.29) is 5.28 Å². The molecule has 6 nitrogen and oxygen atoms in total. The van der Waals surface area contributed by atoms with Gasteiger partial charge in [-0.1, -0.05) is 11.6 Å². The van der Waals surface area contributed by atoms with Crippen LogP contribution in [0.15, 0.2) is 18.3 Å². The lowest BCUT2D eigenvalue weighted by Crippen LogP contribution is -2.37. The van der Waals surface area contributed by atoms with Gasteiger partial charge < -0.3 is 9.64 Å². The summed E-state index contributed by atoms with van der Waals surface area (Å²) in [6.07, 6.45) is 1.61. The van der Waals surface area contributed by atoms with E-state index in [1.54, 1.807) is 18.3 Å². The van der Waals surface area contributed by atoms with Crippen molar-refractivity contribution in [1.29, 1.82) is 0 Å². The second-order valence-electron chi connectivity index (χ2n) is 4.20. The van der Waals surface area contributed by atoms with Crippen LogP contribution < -0.4 is 4.90 Å². The highest BCUT2D eigenvalue weighted by atomic mass is 35.5. The van der Waals surface area contributed by atoms with Gasteiger partial charge in [0.15, 0.2) is 5.82 Å². The molecule has 0 N–H and O–H groups in total. The molecule has 104 valence electrons. The fourth-order valence-corrected chi connectivity index (χ4v) is 2.15. The van der Waals surface area contributed by atoms with Gasteiger partial charge in [-0.2, -0.15) is 15.0 Å². The predicted molar refractivity (Wildman–Crippen MR) is 76.1 cm³/mol. The number of rotatable bonds is 2. The van der Waals surface area contributed by atoms with Gasteiger partial charge >= 0.3 is 0 Å². The lowest BCUT2D eigenvalue weighted by molar-refractivity contribution is 0.122. The number of pyridine rings is 1. The van der Waals surface area contributed by atoms with Gasteiger partial charge in [-0.05, 0) is 23.7 Å². The molecule has 0 aliphatic carbocycles. The Hall–Kier alpha value is -1.50. The van der Waals surface area contributed by atoms with E-state index in [1.165, 1.54) is 0 Å². The molecular weight excluding hydrogens is 301 g/mol. The maximum absolute atomic E-state index is 5.98. The van der Waals surface area contributed by atoms with Crippen molar-refractivity contribution in [3.63, 3.8) is 0 Å². The van der Waals surface area contributed by atoms with Crippen molar-refractivity contribution in [3.8, 4) is 11.4 Å². The summed E-state index contributed by atoms with van der Waals surface area (Å²) in [7, 11) is 0. The Balaban J connectivity index is 1.95. The zero-order valence-corrected chi connectivity index (χ0v) is 12.0. The van der Waals surface area contributed by atoms with Crippen molar-refractivity contribution in [2.45, 2.75) is 0 Å². The molecule has 1 fully saturated rings. The number of morpholine rings is 1. The largest absolute Gasteiger partial charge is 0.378 e. The van der Waals surface area contributed by atoms with E-state index >= 15 is 0 Å². The quantitative estimate of drug-likeness (QED) is 0.791. The minimum atomic E-state index is 0.159. The smallest absolute Gasteiger partial charge is 0.230 e. The zero-order valence-electron chi connectivity index (χ0n) is 10.5. The first kappa shape index (κ1) is 13.5. The topological polar surface area (TPSA) is 64.0 Å². The summed E-state index contributed by atoms with van der Waals surface area (Å²) < 4.78 is 5.31. The number of aromatic nitrogens is 4. The number of halogens is 2. The van der Waals surface area contributed by atoms with E-state index in [1.807, 2.05) is 4.90 Å². The van der Waals surface area contributed by atoms with Gasteiger partial charge in [-0.25, -0.2) is 4.98 Å². The molecule has 0 atom stereocenters. The molecule has 1 aliphatic heterocycles. The molecule has 1 saturated heterocycles. The minimum Gasteiger partial charge on any atom is -0.378 e. The summed E-state index contributed by atoms with van der Waals surface area (Å²) >= 11 is 11.8. The Morgan fingerprint density at radius 3 is 2.55 bits per heavy atom. The van der Waals surface area contributed by atoms with E-state index in [4.69, 9.17) is 27.9 Å². The Bertz CT molecular complexity index is 601. The molecule has 0 unspecified atom stereocenters. The van der Waals surface area contributed by atoms with E-state index in [9.17, 15) is 0 Å². The minimum absolute atomic E-state index is 0.159. The van der Waals surface area contributed by atoms with Crippen molar-refractivity contribution >= 4 is 29.2 Å². The van der Waals surface area contributed by atoms with Crippen LogP contribution >= 0.6 is 23.2 Å². The Morgan fingerprint density at radius 1 is 1.05 bits per heavy atom. The lowest BCUT2D eigenvalue weighted by Gasteiger charge is -2.26. The normalized spacial score (nSPS) is 15.4. The average Bonchev–Trinajstić information content (AvgIpc) is 2.48. The first-order chi connectivity index (χ1) is 9.72. The number of hydrogen-bond donors (Lipinski definition) is 0. The number of hydrogen-bond acceptors (Lipinski definition) is 6. The molecule has 8 heteroatoms. The molecule has 0 radical (unpaired) electrons. The molecule has 0 amide bonds. The summed E-state index contributed by atoms with van der Waals surface area (Å²) in [6.45, 7) is 2.78. The molecule has 0 saturated carbocycles. The van der Waals surface area contributed by atoms with Crippen molar-refractivity contribution in [1.82, 2.24) is 19.9 Å². The van der Waals surface area contributed by atoms with Crippen LogP contribution in [0.1, 0.15) is 0 Å². The van der Waals surface area contributed by atoms with Crippen LogP contribution in [0.5, 0.6) is 0 Å². The maximum Gasteiger partial charge on any atom is 0.230 e. The standard InChI is InChI=1S/C12H11Cl2N5O/c13-9-2-1-8(7-15-9)10-16-11(14)18-12(17-10)19-3-5-20-6-4-19/h1-2,7H,3-6H2. The first-order valence-electron chi connectivity index (χ1n) is 6.08. The molecule has 0 aromatic carbocycles. The van der Waals surface area contributed by atoms with Gasteiger partial charge in [-0.3, -0.25) is 0 Å². The number of anilines is 1. The molecule has 0 bridgehead atoms. The highest BCUT2D eigenvalue weighted by molar-refractivity contribution is 6.29. The van der Waals surface area contributed by atoms with Crippen molar-refractivity contribution in [2.24, 2.45) is 0 Å². The van der Waals surface area contributed by atoms with Gasteiger partial charge in [0.25, 0.3) is 0 Å². The second-order valence-corrected chi connectivity index (χ2v) is 4.92. The van der Waals surface area contributed by atoms with Crippen LogP contribution in [0.4, 0.5) is 5.95 Å². The summed E-state index contributed by atoms with van der Waals surface area (Å²) in [6, 6.07) is 3.48. The highest BCUT2D eigenvalue weighted by Gasteiger charge is 2.16. The molecule has 3 heterocycles. The Kier molecular flexibility index (Phi) is 3.95. The van der Waals surface area contributed by atoms with Gasteiger partial charge in [0.05, 0.1) is 13.2 Å². The van der Waals surface area contributed by atoms with E-state index in [2.05, 4.69) is 19.9 Å². The predicted octanol–water partition coefficient (Wildman–Crippen LogP) is 2.08. The third-order valence-corrected chi connectivity index (χ3v) is 3.27. The van der Waals surface area contributed by atoms with Gasteiger partial charge in [0.1, 0.15) is 5.15 Å². The van der Waals surface area contributed by atoms with Crippen molar-refractivity contribution in [2.75, 3.05) is 31.2 Å². The molecular formula is C12H11Cl2N5O. The van der Waals surface area contributed by atoms with Gasteiger partial charge in [-0.15, -0.1) is 0 Å². The molecule has 2 aromatic heterocycles. The van der Waals surface area contributed by atoms with E-state index in [0.29, 0.717) is 30.1 Å². The van der Waals surface area contributed by atoms with Crippen molar-refractivity contribution < 1.29 is 4.74 Å². The average molecular weight is 312 g/mol. The van der Waals surface area contributed by atoms with Crippen LogP contribution in [0.2, 0.25) is 10.4 Å². The van der Waals surface area contributed by atoms with Crippen molar-refractivity contribution in [3.05, 3.63) is 28.8 Å². The fraction of sp³-hybridized carbons (Fsp3) is 0.333. The van der Waals surface area contributed by atoms with Crippen LogP contribution in [0, 0.1) is 0 Å². The molecule has 2 aromatic rings. The lowest BCUT2D eigenvalue weighted by atomic mass is 10.3. The first-order valence-corrected chi connectivity index (χ1v) is 6.84. The van der Waals surface area contributed by atoms with E-state index < -0.39 is 0 Å². The Labute approximate surface area is 125 Å². The molecule has 20 heavy (non-hydrogen) atoms. The number of ether oxygens (including phenoxy) is 1. The second kappa shape index (κ2) is 5.87. The molecule has 1 aliphatic rings. The SMILES string of the molecule is Clc1ccc(-c2nc(Cl)nc(N3CCOCC3)n2)cn1. The summed E-state index contributed by atoms with van der Waals surface area (Å²) in [5.74, 6) is 1.04. The van der Waals surface area contributed by atoms with Gasteiger partial charge in [0.2, 0.25) is 11.2 Å². The highest BCUT2D eigenvalue weighted by Crippen LogP contribution is 2.20. The third kappa shape index (κ3) is 2.98. The summed E-state index contributed by atoms with van der Waals surface area (Å²) in [5, 5.41) is 0.578. The van der Waals surface area contributed by atoms with Crippen LogP contribution in [-0.4, -0.2) is 46.2 Å².